The third-order valence-electron chi connectivity index (χ3n) is 3.51. The zero-order chi connectivity index (χ0) is 15.7. The largest absolute Gasteiger partial charge is 0.323 e. The number of amides is 2. The Morgan fingerprint density at radius 3 is 2.52 bits per heavy atom. The zero-order valence-corrected chi connectivity index (χ0v) is 12.8. The van der Waals surface area contributed by atoms with Crippen LogP contribution < -0.4 is 16.0 Å². The SMILES string of the molecule is Cl.NC1CN(C(=O)c2ccc(F)cc2)c2ccccc2NC1=O. The number of nitrogens with one attached hydrogen (secondary N) is 1. The highest BCUT2D eigenvalue weighted by Gasteiger charge is 2.29. The number of fused-ring (bicyclic) bond motifs is 1. The second-order valence-electron chi connectivity index (χ2n) is 5.04. The van der Waals surface area contributed by atoms with Gasteiger partial charge in [-0.3, -0.25) is 9.59 Å². The van der Waals surface area contributed by atoms with Gasteiger partial charge in [-0.2, -0.15) is 0 Å². The van der Waals surface area contributed by atoms with Crippen molar-refractivity contribution in [3.8, 4) is 0 Å². The van der Waals surface area contributed by atoms with Crippen molar-refractivity contribution in [2.75, 3.05) is 16.8 Å². The summed E-state index contributed by atoms with van der Waals surface area (Å²) in [4.78, 5) is 26.0. The lowest BCUT2D eigenvalue weighted by Gasteiger charge is -2.23. The number of rotatable bonds is 1. The predicted octanol–water partition coefficient (Wildman–Crippen LogP) is 2.17. The molecule has 1 unspecified atom stereocenters. The van der Waals surface area contributed by atoms with Gasteiger partial charge < -0.3 is 16.0 Å². The van der Waals surface area contributed by atoms with Crippen molar-refractivity contribution in [3.63, 3.8) is 0 Å². The van der Waals surface area contributed by atoms with Crippen LogP contribution in [0, 0.1) is 5.82 Å². The molecule has 2 amide bonds. The molecule has 0 saturated heterocycles. The summed E-state index contributed by atoms with van der Waals surface area (Å²) >= 11 is 0. The van der Waals surface area contributed by atoms with Gasteiger partial charge in [0.15, 0.2) is 0 Å². The van der Waals surface area contributed by atoms with Gasteiger partial charge in [0, 0.05) is 5.56 Å². The zero-order valence-electron chi connectivity index (χ0n) is 12.0. The Bertz CT molecular complexity index is 736. The van der Waals surface area contributed by atoms with Crippen LogP contribution in [0.15, 0.2) is 48.5 Å². The van der Waals surface area contributed by atoms with Crippen LogP contribution in [-0.4, -0.2) is 24.4 Å². The molecule has 0 saturated carbocycles. The first-order valence-electron chi connectivity index (χ1n) is 6.79. The molecule has 120 valence electrons. The first-order chi connectivity index (χ1) is 10.6. The van der Waals surface area contributed by atoms with Crippen molar-refractivity contribution in [2.45, 2.75) is 6.04 Å². The van der Waals surface area contributed by atoms with Crippen molar-refractivity contribution in [1.29, 1.82) is 0 Å². The molecule has 0 fully saturated rings. The number of carbonyl (C=O) groups excluding carboxylic acids is 2. The lowest BCUT2D eigenvalue weighted by atomic mass is 10.1. The fourth-order valence-electron chi connectivity index (χ4n) is 2.36. The Morgan fingerprint density at radius 1 is 1.17 bits per heavy atom. The fraction of sp³-hybridized carbons (Fsp3) is 0.125. The molecule has 2 aromatic carbocycles. The Balaban J connectivity index is 0.00000192. The highest BCUT2D eigenvalue weighted by atomic mass is 35.5. The molecule has 5 nitrogen and oxygen atoms in total. The van der Waals surface area contributed by atoms with Crippen molar-refractivity contribution in [1.82, 2.24) is 0 Å². The van der Waals surface area contributed by atoms with Gasteiger partial charge in [-0.25, -0.2) is 4.39 Å². The molecule has 0 aromatic heterocycles. The van der Waals surface area contributed by atoms with Gasteiger partial charge in [0.05, 0.1) is 17.9 Å². The second-order valence-corrected chi connectivity index (χ2v) is 5.04. The smallest absolute Gasteiger partial charge is 0.258 e. The maximum Gasteiger partial charge on any atom is 0.258 e. The first kappa shape index (κ1) is 16.9. The van der Waals surface area contributed by atoms with Crippen molar-refractivity contribution in [2.24, 2.45) is 5.73 Å². The minimum atomic E-state index is -0.836. The predicted molar refractivity (Wildman–Crippen MR) is 88.4 cm³/mol. The third kappa shape index (κ3) is 3.33. The van der Waals surface area contributed by atoms with E-state index < -0.39 is 11.9 Å². The maximum atomic E-state index is 13.0. The van der Waals surface area contributed by atoms with E-state index in [1.54, 1.807) is 24.3 Å². The van der Waals surface area contributed by atoms with E-state index in [9.17, 15) is 14.0 Å². The number of nitrogens with zero attached hydrogens (tertiary/aromatic N) is 1. The molecule has 3 rings (SSSR count). The topological polar surface area (TPSA) is 75.4 Å². The van der Waals surface area contributed by atoms with E-state index in [0.717, 1.165) is 0 Å². The van der Waals surface area contributed by atoms with Crippen LogP contribution in [0.5, 0.6) is 0 Å². The first-order valence-corrected chi connectivity index (χ1v) is 6.79. The summed E-state index contributed by atoms with van der Waals surface area (Å²) in [5, 5.41) is 2.70. The molecule has 0 spiro atoms. The summed E-state index contributed by atoms with van der Waals surface area (Å²) in [6.07, 6.45) is 0. The standard InChI is InChI=1S/C16H14FN3O2.ClH/c17-11-7-5-10(6-8-11)16(22)20-9-12(18)15(21)19-13-3-1-2-4-14(13)20;/h1-8,12H,9,18H2,(H,19,21);1H. The summed E-state index contributed by atoms with van der Waals surface area (Å²) in [5.74, 6) is -1.09. The minimum Gasteiger partial charge on any atom is -0.323 e. The normalized spacial score (nSPS) is 16.7. The van der Waals surface area contributed by atoms with Crippen LogP contribution in [0.3, 0.4) is 0 Å². The number of hydrogen-bond acceptors (Lipinski definition) is 3. The monoisotopic (exact) mass is 335 g/mol. The maximum absolute atomic E-state index is 13.0. The highest BCUT2D eigenvalue weighted by molar-refractivity contribution is 6.11. The van der Waals surface area contributed by atoms with E-state index in [1.165, 1.54) is 29.2 Å². The van der Waals surface area contributed by atoms with E-state index in [0.29, 0.717) is 16.9 Å². The molecular weight excluding hydrogens is 321 g/mol. The molecule has 2 aromatic rings. The van der Waals surface area contributed by atoms with Crippen LogP contribution in [0.25, 0.3) is 0 Å². The van der Waals surface area contributed by atoms with Gasteiger partial charge in [-0.15, -0.1) is 12.4 Å². The van der Waals surface area contributed by atoms with Crippen LogP contribution in [0.2, 0.25) is 0 Å². The van der Waals surface area contributed by atoms with Crippen LogP contribution in [0.1, 0.15) is 10.4 Å². The number of halogens is 2. The number of benzene rings is 2. The molecule has 7 heteroatoms. The van der Waals surface area contributed by atoms with Crippen molar-refractivity contribution in [3.05, 3.63) is 59.9 Å². The molecule has 23 heavy (non-hydrogen) atoms. The number of anilines is 2. The summed E-state index contributed by atoms with van der Waals surface area (Å²) < 4.78 is 13.0. The van der Waals surface area contributed by atoms with Gasteiger partial charge in [-0.05, 0) is 36.4 Å². The Labute approximate surface area is 138 Å². The summed E-state index contributed by atoms with van der Waals surface area (Å²) in [5.41, 5.74) is 7.25. The highest BCUT2D eigenvalue weighted by Crippen LogP contribution is 2.29. The van der Waals surface area contributed by atoms with Crippen LogP contribution in [-0.2, 0) is 4.79 Å². The van der Waals surface area contributed by atoms with Crippen molar-refractivity contribution < 1.29 is 14.0 Å². The molecule has 0 aliphatic carbocycles. The quantitative estimate of drug-likeness (QED) is 0.838. The summed E-state index contributed by atoms with van der Waals surface area (Å²) in [7, 11) is 0. The van der Waals surface area contributed by atoms with E-state index in [1.807, 2.05) is 0 Å². The number of para-hydroxylation sites is 2. The van der Waals surface area contributed by atoms with E-state index >= 15 is 0 Å². The Morgan fingerprint density at radius 2 is 1.83 bits per heavy atom. The number of hydrogen-bond donors (Lipinski definition) is 2. The van der Waals surface area contributed by atoms with Gasteiger partial charge in [0.2, 0.25) is 5.91 Å². The van der Waals surface area contributed by atoms with Gasteiger partial charge in [0.1, 0.15) is 11.9 Å². The van der Waals surface area contributed by atoms with Gasteiger partial charge in [0.25, 0.3) is 5.91 Å². The van der Waals surface area contributed by atoms with E-state index in [2.05, 4.69) is 5.32 Å². The van der Waals surface area contributed by atoms with Crippen LogP contribution in [0.4, 0.5) is 15.8 Å². The summed E-state index contributed by atoms with van der Waals surface area (Å²) in [6, 6.07) is 11.4. The molecule has 0 bridgehead atoms. The van der Waals surface area contributed by atoms with Gasteiger partial charge >= 0.3 is 0 Å². The lowest BCUT2D eigenvalue weighted by Crippen LogP contribution is -2.45. The molecule has 1 heterocycles. The molecule has 0 radical (unpaired) electrons. The fourth-order valence-corrected chi connectivity index (χ4v) is 2.36. The second kappa shape index (κ2) is 6.76. The van der Waals surface area contributed by atoms with Gasteiger partial charge in [-0.1, -0.05) is 12.1 Å². The molecule has 1 atom stereocenters. The van der Waals surface area contributed by atoms with E-state index in [4.69, 9.17) is 5.73 Å². The molecule has 1 aliphatic rings. The molecule has 3 N–H and O–H groups in total. The third-order valence-corrected chi connectivity index (χ3v) is 3.51. The Kier molecular flexibility index (Phi) is 4.98. The number of nitrogens with two attached hydrogens (primary N) is 1. The average molecular weight is 336 g/mol. The van der Waals surface area contributed by atoms with E-state index in [-0.39, 0.29) is 30.8 Å². The Hall–Kier alpha value is -2.44. The average Bonchev–Trinajstić information content (AvgIpc) is 2.65. The number of carbonyl (C=O) groups is 2. The van der Waals surface area contributed by atoms with Crippen molar-refractivity contribution >= 4 is 35.6 Å². The molecule has 1 aliphatic heterocycles. The summed E-state index contributed by atoms with van der Waals surface area (Å²) in [6.45, 7) is 0.0546. The minimum absolute atomic E-state index is 0. The van der Waals surface area contributed by atoms with Crippen LogP contribution >= 0.6 is 12.4 Å². The lowest BCUT2D eigenvalue weighted by molar-refractivity contribution is -0.117. The molecular formula is C16H15ClFN3O2.